The second-order valence-corrected chi connectivity index (χ2v) is 9.58. The van der Waals surface area contributed by atoms with E-state index in [2.05, 4.69) is 22.1 Å². The molecule has 2 heterocycles. The third-order valence-electron chi connectivity index (χ3n) is 6.18. The molecular weight excluding hydrogens is 675 g/mol. The summed E-state index contributed by atoms with van der Waals surface area (Å²) in [7, 11) is 6.22. The first-order valence-corrected chi connectivity index (χ1v) is 11.5. The molecule has 0 radical (unpaired) electrons. The Bertz CT molecular complexity index is 1360. The second-order valence-electron chi connectivity index (χ2n) is 9.58. The van der Waals surface area contributed by atoms with Crippen molar-refractivity contribution in [3.8, 4) is 22.5 Å². The average Bonchev–Trinajstić information content (AvgIpc) is 2.84. The van der Waals surface area contributed by atoms with Gasteiger partial charge >= 0.3 is 21.1 Å². The zero-order chi connectivity index (χ0) is 27.1. The number of aromatic nitrogens is 2. The smallest absolute Gasteiger partial charge is 0.388 e. The van der Waals surface area contributed by atoms with Crippen molar-refractivity contribution in [1.82, 2.24) is 9.97 Å². The van der Waals surface area contributed by atoms with Gasteiger partial charge in [0, 0.05) is 56.4 Å². The normalized spacial score (nSPS) is 11.2. The van der Waals surface area contributed by atoms with E-state index in [1.807, 2.05) is 13.8 Å². The monoisotopic (exact) mass is 701 g/mol. The van der Waals surface area contributed by atoms with Gasteiger partial charge in [-0.25, -0.2) is 0 Å². The van der Waals surface area contributed by atoms with Crippen LogP contribution in [0.5, 0.6) is 0 Å². The van der Waals surface area contributed by atoms with E-state index in [4.69, 9.17) is 0 Å². The van der Waals surface area contributed by atoms with Gasteiger partial charge in [0.25, 0.3) is 0 Å². The van der Waals surface area contributed by atoms with Crippen molar-refractivity contribution >= 4 is 11.4 Å². The number of pyridine rings is 2. The average molecular weight is 702 g/mol. The van der Waals surface area contributed by atoms with Gasteiger partial charge < -0.3 is 19.8 Å². The molecule has 4 rings (SSSR count). The third kappa shape index (κ3) is 5.32. The minimum absolute atomic E-state index is 0. The Morgan fingerprint density at radius 3 is 1.37 bits per heavy atom. The molecule has 0 aliphatic carbocycles. The Kier molecular flexibility index (Phi) is 8.67. The molecular formula is C29H26F4N4Pt. The van der Waals surface area contributed by atoms with Crippen LogP contribution in [0.2, 0.25) is 0 Å². The van der Waals surface area contributed by atoms with Crippen molar-refractivity contribution in [2.75, 3.05) is 38.0 Å². The number of anilines is 2. The van der Waals surface area contributed by atoms with E-state index in [9.17, 15) is 8.78 Å². The Morgan fingerprint density at radius 1 is 0.658 bits per heavy atom. The minimum Gasteiger partial charge on any atom is -0.388 e. The summed E-state index contributed by atoms with van der Waals surface area (Å²) in [5.41, 5.74) is 0.660. The summed E-state index contributed by atoms with van der Waals surface area (Å²) in [6, 6.07) is 17.8. The van der Waals surface area contributed by atoms with E-state index in [0.717, 1.165) is 12.1 Å². The van der Waals surface area contributed by atoms with Crippen LogP contribution in [0.1, 0.15) is 25.2 Å². The van der Waals surface area contributed by atoms with Crippen LogP contribution in [-0.2, 0) is 26.5 Å². The van der Waals surface area contributed by atoms with Crippen LogP contribution < -0.4 is 9.80 Å². The molecule has 4 aromatic rings. The maximum atomic E-state index is 15.2. The van der Waals surface area contributed by atoms with Crippen LogP contribution in [-0.4, -0.2) is 38.2 Å². The molecule has 0 bridgehead atoms. The molecule has 0 saturated heterocycles. The Labute approximate surface area is 234 Å². The predicted octanol–water partition coefficient (Wildman–Crippen LogP) is 6.42. The van der Waals surface area contributed by atoms with E-state index in [-0.39, 0.29) is 55.0 Å². The standard InChI is InChI=1S/C29H26F4N4.Pt/c1-29(2,23-11-7-9-21(34-23)17-13-15-19(30)27(25(17)32)36(3)4)24-12-8-10-22(35-24)18-14-16-20(31)28(26(18)33)37(5)6;/h7-12,15-16H,1-6H3;/q-2;+2. The summed E-state index contributed by atoms with van der Waals surface area (Å²) >= 11 is 0. The van der Waals surface area contributed by atoms with E-state index in [0.29, 0.717) is 11.4 Å². The summed E-state index contributed by atoms with van der Waals surface area (Å²) in [5, 5.41) is 0. The van der Waals surface area contributed by atoms with E-state index in [1.54, 1.807) is 64.6 Å². The number of hydrogen-bond donors (Lipinski definition) is 0. The molecule has 0 saturated carbocycles. The van der Waals surface area contributed by atoms with Gasteiger partial charge in [-0.15, -0.1) is 24.3 Å². The largest absolute Gasteiger partial charge is 2.00 e. The fourth-order valence-corrected chi connectivity index (χ4v) is 4.15. The van der Waals surface area contributed by atoms with Gasteiger partial charge in [-0.1, -0.05) is 35.4 Å². The molecule has 0 N–H and O–H groups in total. The summed E-state index contributed by atoms with van der Waals surface area (Å²) in [4.78, 5) is 12.0. The number of halogens is 4. The van der Waals surface area contributed by atoms with Crippen molar-refractivity contribution in [2.45, 2.75) is 19.3 Å². The van der Waals surface area contributed by atoms with Gasteiger partial charge in [0.05, 0.1) is 23.3 Å². The van der Waals surface area contributed by atoms with E-state index in [1.165, 1.54) is 9.80 Å². The van der Waals surface area contributed by atoms with Gasteiger partial charge in [-0.3, -0.25) is 17.6 Å². The van der Waals surface area contributed by atoms with Crippen molar-refractivity contribution in [2.24, 2.45) is 0 Å². The van der Waals surface area contributed by atoms with Crippen LogP contribution in [0.4, 0.5) is 28.9 Å². The molecule has 38 heavy (non-hydrogen) atoms. The van der Waals surface area contributed by atoms with Crippen LogP contribution in [0, 0.1) is 35.4 Å². The van der Waals surface area contributed by atoms with E-state index >= 15 is 8.78 Å². The van der Waals surface area contributed by atoms with Crippen LogP contribution in [0.15, 0.2) is 48.5 Å². The summed E-state index contributed by atoms with van der Waals surface area (Å²) in [6.07, 6.45) is 0. The maximum Gasteiger partial charge on any atom is 2.00 e. The van der Waals surface area contributed by atoms with Crippen LogP contribution in [0.25, 0.3) is 22.5 Å². The van der Waals surface area contributed by atoms with Crippen molar-refractivity contribution < 1.29 is 38.6 Å². The fraction of sp³-hybridized carbons (Fsp3) is 0.241. The molecule has 2 aromatic carbocycles. The molecule has 4 nitrogen and oxygen atoms in total. The molecule has 0 aliphatic heterocycles. The number of hydrogen-bond acceptors (Lipinski definition) is 4. The van der Waals surface area contributed by atoms with Crippen LogP contribution >= 0.6 is 0 Å². The molecule has 0 atom stereocenters. The Morgan fingerprint density at radius 2 is 1.03 bits per heavy atom. The first-order chi connectivity index (χ1) is 17.4. The predicted molar refractivity (Wildman–Crippen MR) is 138 cm³/mol. The zero-order valence-electron chi connectivity index (χ0n) is 21.7. The molecule has 0 aliphatic rings. The van der Waals surface area contributed by atoms with Crippen molar-refractivity contribution in [3.05, 3.63) is 95.3 Å². The molecule has 0 spiro atoms. The number of rotatable bonds is 6. The molecule has 2 aromatic heterocycles. The number of nitrogens with zero attached hydrogens (tertiary/aromatic N) is 4. The molecule has 0 unspecified atom stereocenters. The van der Waals surface area contributed by atoms with Gasteiger partial charge in [0.1, 0.15) is 0 Å². The van der Waals surface area contributed by atoms with Crippen molar-refractivity contribution in [3.63, 3.8) is 0 Å². The third-order valence-corrected chi connectivity index (χ3v) is 6.18. The molecule has 9 heteroatoms. The topological polar surface area (TPSA) is 32.3 Å². The van der Waals surface area contributed by atoms with Gasteiger partial charge in [-0.2, -0.15) is 0 Å². The fourth-order valence-electron chi connectivity index (χ4n) is 4.15. The van der Waals surface area contributed by atoms with Crippen molar-refractivity contribution in [1.29, 1.82) is 0 Å². The molecule has 200 valence electrons. The van der Waals surface area contributed by atoms with Gasteiger partial charge in [0.15, 0.2) is 0 Å². The SMILES string of the molecule is CN(C)c1c(F)c[c-]c(-c2cccc(C(C)(C)c3cccc(-c4[c-]cc(F)c(N(C)C)c4F)n3)n2)c1F.[Pt+2]. The molecule has 0 fully saturated rings. The Balaban J connectivity index is 0.00000400. The number of benzene rings is 2. The second kappa shape index (κ2) is 11.2. The summed E-state index contributed by atoms with van der Waals surface area (Å²) in [6.45, 7) is 3.77. The van der Waals surface area contributed by atoms with E-state index < -0.39 is 28.7 Å². The van der Waals surface area contributed by atoms with Gasteiger partial charge in [0.2, 0.25) is 0 Å². The van der Waals surface area contributed by atoms with Gasteiger partial charge in [-0.05, 0) is 37.4 Å². The maximum absolute atomic E-state index is 15.2. The Hall–Kier alpha value is -3.25. The quantitative estimate of drug-likeness (QED) is 0.172. The first-order valence-electron chi connectivity index (χ1n) is 11.5. The molecule has 0 amide bonds. The first kappa shape index (κ1) is 29.3. The summed E-state index contributed by atoms with van der Waals surface area (Å²) in [5.74, 6) is -2.95. The summed E-state index contributed by atoms with van der Waals surface area (Å²) < 4.78 is 58.7. The van der Waals surface area contributed by atoms with Crippen LogP contribution in [0.3, 0.4) is 0 Å². The zero-order valence-corrected chi connectivity index (χ0v) is 24.0. The minimum atomic E-state index is -0.784.